The molecule has 550 valence electrons. The number of ether oxygens (including phenoxy) is 4. The number of imidazole rings is 1. The van der Waals surface area contributed by atoms with Crippen molar-refractivity contribution in [3.63, 3.8) is 0 Å². The van der Waals surface area contributed by atoms with Gasteiger partial charge in [-0.3, -0.25) is 67.5 Å². The summed E-state index contributed by atoms with van der Waals surface area (Å²) in [5, 5.41) is 51.9. The van der Waals surface area contributed by atoms with Crippen LogP contribution in [-0.4, -0.2) is 288 Å². The van der Waals surface area contributed by atoms with Crippen molar-refractivity contribution in [3.8, 4) is 5.75 Å². The second kappa shape index (κ2) is 42.7. The van der Waals surface area contributed by atoms with E-state index in [2.05, 4.69) is 42.7 Å². The maximum atomic E-state index is 13.6. The second-order valence-corrected chi connectivity index (χ2v) is 25.8. The number of hydrogen-bond donors (Lipinski definition) is 14. The van der Waals surface area contributed by atoms with Gasteiger partial charge in [0.2, 0.25) is 33.2 Å². The second-order valence-electron chi connectivity index (χ2n) is 22.6. The number of benzene rings is 2. The molecule has 3 heterocycles. The molecule has 35 nitrogen and oxygen atoms in total. The summed E-state index contributed by atoms with van der Waals surface area (Å²) in [6.45, 7) is 4.44. The fourth-order valence-corrected chi connectivity index (χ4v) is 12.4. The van der Waals surface area contributed by atoms with E-state index in [0.29, 0.717) is 56.2 Å². The number of sulfonamides is 1. The highest BCUT2D eigenvalue weighted by Crippen LogP contribution is 2.33. The van der Waals surface area contributed by atoms with Crippen LogP contribution in [0.3, 0.4) is 0 Å². The van der Waals surface area contributed by atoms with Crippen LogP contribution in [0.15, 0.2) is 58.6 Å². The van der Waals surface area contributed by atoms with Gasteiger partial charge in [-0.2, -0.15) is 4.72 Å². The van der Waals surface area contributed by atoms with Crippen LogP contribution in [0.4, 0.5) is 10.7 Å². The Bertz CT molecular complexity index is 3370. The van der Waals surface area contributed by atoms with Crippen molar-refractivity contribution >= 4 is 85.3 Å². The Hall–Kier alpha value is -7.99. The molecule has 2 atom stereocenters. The van der Waals surface area contributed by atoms with E-state index in [1.54, 1.807) is 61.8 Å². The van der Waals surface area contributed by atoms with Gasteiger partial charge in [-0.25, -0.2) is 13.4 Å². The molecule has 0 saturated carbocycles. The first-order chi connectivity index (χ1) is 46.6. The van der Waals surface area contributed by atoms with Crippen LogP contribution < -0.4 is 41.5 Å². The summed E-state index contributed by atoms with van der Waals surface area (Å²) in [7, 11) is -7.10. The summed E-state index contributed by atoms with van der Waals surface area (Å²) in [5.74, 6) is -7.66. The molecule has 1 aliphatic rings. The predicted octanol–water partition coefficient (Wildman–Crippen LogP) is -0.154. The van der Waals surface area contributed by atoms with Crippen LogP contribution in [0, 0.1) is 13.8 Å². The molecule has 4 aromatic rings. The number of pyridine rings is 1. The third-order valence-corrected chi connectivity index (χ3v) is 17.3. The van der Waals surface area contributed by atoms with Crippen molar-refractivity contribution in [2.24, 2.45) is 7.05 Å². The standard InChI is InChI=1S/C59H89N13O22S2.CH4.FH/c1-40-29-43(30-41(2)55(40)96(89,90)67-46(58(84)85)33-64-56(82)45-34-68(3)48-31-42(8-9-44(48)54(45)81)32-65-59-62-12-13-63-59)94-24-4-7-49(73)60-10-5-22-91-25-27-93-28-26-92-23-6-11-61-57(83)47(39-95(86,87)88)66-50(74)35-69-14-16-70(36-51(75)76)18-20-72(38-53(79)80)21-19-71(17-15-69)37-52(77)78;;/h8-9,12-13,29-31,34,46-47,67,86-88H,4-7,10-11,14-28,32-33,35-39H2,1-3H3,(H,60,73)(H,61,83)(H,64,82)(H,66,74)(H,75,76)(H,77,78)(H,79,80)(H,84,85)(H2,62,63,65);1H4;1H/t46?,47-;;/m1../s1/i/hT. The lowest BCUT2D eigenvalue weighted by Gasteiger charge is -2.33. The van der Waals surface area contributed by atoms with Crippen molar-refractivity contribution in [2.45, 2.75) is 70.5 Å². The van der Waals surface area contributed by atoms with Gasteiger partial charge >= 0.3 is 23.9 Å². The molecule has 98 heavy (non-hydrogen) atoms. The number of aromatic amines is 1. The first-order valence-corrected chi connectivity index (χ1v) is 34.0. The van der Waals surface area contributed by atoms with E-state index in [-0.39, 0.29) is 171 Å². The highest BCUT2D eigenvalue weighted by atomic mass is 32.3. The number of carboxylic acids is 4. The van der Waals surface area contributed by atoms with E-state index < -0.39 is 92.3 Å². The van der Waals surface area contributed by atoms with Gasteiger partial charge in [0.05, 0.1) is 86.2 Å². The molecule has 5 rings (SSSR count). The number of nitrogens with zero attached hydrogens (tertiary/aromatic N) is 6. The van der Waals surface area contributed by atoms with Gasteiger partial charge in [-0.05, 0) is 74.1 Å². The minimum Gasteiger partial charge on any atom is -0.494 e. The Balaban J connectivity index is 0.00000842. The van der Waals surface area contributed by atoms with Crippen LogP contribution in [0.1, 0.15) is 60.2 Å². The molecular formula is C60H94FN13O22S2. The number of carbonyl (C=O) groups is 8. The number of fused-ring (bicyclic) bond motifs is 1. The fraction of sp³-hybridized carbons (Fsp3) is 0.567. The molecule has 0 spiro atoms. The number of aryl methyl sites for hydroxylation is 3. The quantitative estimate of drug-likeness (QED) is 0.0257. The van der Waals surface area contributed by atoms with Crippen LogP contribution >= 0.6 is 10.9 Å². The molecule has 1 unspecified atom stereocenters. The lowest BCUT2D eigenvalue weighted by atomic mass is 10.1. The van der Waals surface area contributed by atoms with Gasteiger partial charge < -0.3 is 89.2 Å². The third kappa shape index (κ3) is 30.8. The molecule has 0 bridgehead atoms. The van der Waals surface area contributed by atoms with Gasteiger partial charge in [0, 0.05) is 129 Å². The van der Waals surface area contributed by atoms with E-state index in [1.807, 2.05) is 0 Å². The number of aliphatic carboxylic acids is 4. The summed E-state index contributed by atoms with van der Waals surface area (Å²) < 4.78 is 95.9. The number of carbonyl (C=O) groups excluding carboxylic acids is 4. The summed E-state index contributed by atoms with van der Waals surface area (Å²) in [5.41, 5.74) is 0.999. The number of hydrogen-bond acceptors (Lipinski definition) is 24. The van der Waals surface area contributed by atoms with E-state index >= 15 is 0 Å². The van der Waals surface area contributed by atoms with E-state index in [1.165, 1.54) is 32.2 Å². The Morgan fingerprint density at radius 2 is 1.20 bits per heavy atom. The summed E-state index contributed by atoms with van der Waals surface area (Å²) in [6, 6.07) is 4.64. The van der Waals surface area contributed by atoms with Gasteiger partial charge in [0.1, 0.15) is 23.4 Å². The molecule has 1 fully saturated rings. The number of rotatable bonds is 41. The summed E-state index contributed by atoms with van der Waals surface area (Å²) in [6.07, 6.45) is 5.90. The zero-order chi connectivity index (χ0) is 72.4. The van der Waals surface area contributed by atoms with Crippen molar-refractivity contribution in [1.29, 1.82) is 1.45 Å². The summed E-state index contributed by atoms with van der Waals surface area (Å²) in [4.78, 5) is 126. The Labute approximate surface area is 569 Å². The first kappa shape index (κ1) is 82.4. The zero-order valence-electron chi connectivity index (χ0n) is 55.2. The van der Waals surface area contributed by atoms with Crippen molar-refractivity contribution in [2.75, 3.05) is 155 Å². The minimum absolute atomic E-state index is 0. The predicted molar refractivity (Wildman–Crippen MR) is 358 cm³/mol. The van der Waals surface area contributed by atoms with Crippen molar-refractivity contribution in [3.05, 3.63) is 81.4 Å². The van der Waals surface area contributed by atoms with Crippen molar-refractivity contribution < 1.29 is 105 Å². The number of aromatic nitrogens is 3. The Morgan fingerprint density at radius 1 is 0.684 bits per heavy atom. The number of nitrogens with one attached hydrogen (secondary N) is 7. The highest BCUT2D eigenvalue weighted by molar-refractivity contribution is 8.19. The first-order valence-electron chi connectivity index (χ1n) is 31.2. The number of amides is 4. The van der Waals surface area contributed by atoms with Crippen LogP contribution in [-0.2, 0) is 71.4 Å². The van der Waals surface area contributed by atoms with Crippen molar-refractivity contribution in [1.82, 2.24) is 60.1 Å². The normalized spacial score (nSPS) is 14.7. The average molecular weight is 1430 g/mol. The smallest absolute Gasteiger partial charge is 0.323 e. The Kier molecular flexibility index (Phi) is 36.0. The van der Waals surface area contributed by atoms with E-state index in [4.69, 9.17) is 23.7 Å². The zero-order valence-corrected chi connectivity index (χ0v) is 55.8. The monoisotopic (exact) mass is 1430 g/mol. The SMILES string of the molecule is C.Cc1cc(OCCCC(=O)NCCCOCCOCCOCCCNC(=O)[C@@H](CS(O)(O)O)NC(=O)CN2CCN(CC(=O)O)CCN(CC(=O)O)CCN(CC(=O)O)CC2)cc(C)c1S(=O)(=O)NC(CNC(=O)c1cn(C)c2cc(CNc3ncc[nH]3)ccc2c1=O)C(=O)O.[3H]F. The number of carboxylic acid groups (broad SMARTS) is 4. The maximum Gasteiger partial charge on any atom is 0.323 e. The lowest BCUT2D eigenvalue weighted by molar-refractivity contribution is -0.140. The van der Waals surface area contributed by atoms with E-state index in [9.17, 15) is 85.7 Å². The van der Waals surface area contributed by atoms with Crippen LogP contribution in [0.2, 0.25) is 0 Å². The molecule has 1 aliphatic heterocycles. The Morgan fingerprint density at radius 3 is 1.70 bits per heavy atom. The van der Waals surface area contributed by atoms with E-state index in [0.717, 1.165) is 5.56 Å². The fourth-order valence-electron chi connectivity index (χ4n) is 10.1. The summed E-state index contributed by atoms with van der Waals surface area (Å²) >= 11 is 0. The molecule has 4 amide bonds. The molecule has 0 radical (unpaired) electrons. The molecule has 2 aromatic heterocycles. The topological polar surface area (TPSA) is 485 Å². The molecule has 0 aliphatic carbocycles. The van der Waals surface area contributed by atoms with Crippen LogP contribution in [0.25, 0.3) is 10.9 Å². The van der Waals surface area contributed by atoms with Gasteiger partial charge in [0.25, 0.3) is 7.36 Å². The molecule has 38 heteroatoms. The highest BCUT2D eigenvalue weighted by Gasteiger charge is 2.31. The molecular weight excluding hydrogens is 1340 g/mol. The minimum atomic E-state index is -4.48. The largest absolute Gasteiger partial charge is 0.494 e. The van der Waals surface area contributed by atoms with Gasteiger partial charge in [-0.15, -0.1) is 0 Å². The lowest BCUT2D eigenvalue weighted by Crippen LogP contribution is -2.53. The average Bonchev–Trinajstić information content (AvgIpc) is 1.49. The number of H-pyrrole nitrogens is 1. The number of anilines is 1. The molecule has 14 N–H and O–H groups in total. The maximum absolute atomic E-state index is 13.6. The third-order valence-electron chi connectivity index (χ3n) is 14.8. The van der Waals surface area contributed by atoms with Gasteiger partial charge in [-0.1, -0.05) is 13.5 Å². The molecule has 1 saturated heterocycles. The van der Waals surface area contributed by atoms with Crippen LogP contribution in [0.5, 0.6) is 5.75 Å². The molecule has 2 aromatic carbocycles. The van der Waals surface area contributed by atoms with Gasteiger partial charge in [0.15, 0.2) is 5.95 Å². The number of halogens is 1.